The molecule has 2 heterocycles. The lowest BCUT2D eigenvalue weighted by Crippen LogP contribution is -2.51. The molecule has 0 saturated carbocycles. The average molecular weight is 239 g/mol. The van der Waals surface area contributed by atoms with Crippen LogP contribution in [0.2, 0.25) is 0 Å². The second kappa shape index (κ2) is 6.36. The van der Waals surface area contributed by atoms with Crippen LogP contribution >= 0.6 is 0 Å². The van der Waals surface area contributed by atoms with Gasteiger partial charge >= 0.3 is 0 Å². The number of piperidine rings is 1. The van der Waals surface area contributed by atoms with Gasteiger partial charge in [0.05, 0.1) is 6.54 Å². The number of likely N-dealkylation sites (tertiary alicyclic amines) is 1. The molecular weight excluding hydrogens is 214 g/mol. The second-order valence-electron chi connectivity index (χ2n) is 5.17. The predicted molar refractivity (Wildman–Crippen MR) is 69.0 cm³/mol. The van der Waals surface area contributed by atoms with Crippen LogP contribution in [0.25, 0.3) is 0 Å². The number of carbonyl (C=O) groups is 1. The van der Waals surface area contributed by atoms with Crippen LogP contribution in [0.15, 0.2) is 0 Å². The van der Waals surface area contributed by atoms with Gasteiger partial charge in [-0.15, -0.1) is 0 Å². The van der Waals surface area contributed by atoms with Crippen LogP contribution < -0.4 is 5.32 Å². The third kappa shape index (κ3) is 3.42. The molecule has 2 saturated heterocycles. The van der Waals surface area contributed by atoms with E-state index in [-0.39, 0.29) is 0 Å². The largest absolute Gasteiger partial charge is 0.339 e. The van der Waals surface area contributed by atoms with Crippen LogP contribution in [0.4, 0.5) is 0 Å². The number of rotatable bonds is 3. The van der Waals surface area contributed by atoms with Gasteiger partial charge in [-0.3, -0.25) is 9.69 Å². The number of carbonyl (C=O) groups excluding carboxylic acids is 1. The smallest absolute Gasteiger partial charge is 0.236 e. The molecule has 0 aromatic carbocycles. The van der Waals surface area contributed by atoms with Gasteiger partial charge in [0.2, 0.25) is 5.91 Å². The van der Waals surface area contributed by atoms with Gasteiger partial charge in [-0.25, -0.2) is 0 Å². The van der Waals surface area contributed by atoms with Crippen molar-refractivity contribution >= 4 is 5.91 Å². The van der Waals surface area contributed by atoms with Crippen molar-refractivity contribution in [3.8, 4) is 0 Å². The Bertz CT molecular complexity index is 251. The minimum absolute atomic E-state index is 0.346. The van der Waals surface area contributed by atoms with E-state index < -0.39 is 0 Å². The Hall–Kier alpha value is -0.610. The molecule has 4 nitrogen and oxygen atoms in total. The SMILES string of the molecule is CCC1CCCCN1C(=O)CN1CCNCC1. The normalized spacial score (nSPS) is 27.1. The Morgan fingerprint density at radius 1 is 1.24 bits per heavy atom. The van der Waals surface area contributed by atoms with Crippen LogP contribution in [-0.4, -0.2) is 61.0 Å². The van der Waals surface area contributed by atoms with Gasteiger partial charge in [0.15, 0.2) is 0 Å². The molecule has 0 aromatic rings. The average Bonchev–Trinajstić information content (AvgIpc) is 2.40. The van der Waals surface area contributed by atoms with E-state index in [1.54, 1.807) is 0 Å². The third-order valence-corrected chi connectivity index (χ3v) is 3.99. The molecule has 98 valence electrons. The van der Waals surface area contributed by atoms with Crippen molar-refractivity contribution in [2.75, 3.05) is 39.3 Å². The first-order chi connectivity index (χ1) is 8.31. The minimum atomic E-state index is 0.346. The van der Waals surface area contributed by atoms with Crippen LogP contribution in [0, 0.1) is 0 Å². The van der Waals surface area contributed by atoms with Crippen molar-refractivity contribution in [1.29, 1.82) is 0 Å². The zero-order valence-electron chi connectivity index (χ0n) is 11.0. The molecule has 1 unspecified atom stereocenters. The molecule has 2 aliphatic rings. The maximum absolute atomic E-state index is 12.3. The molecule has 4 heteroatoms. The Morgan fingerprint density at radius 3 is 2.71 bits per heavy atom. The van der Waals surface area contributed by atoms with Crippen LogP contribution in [0.5, 0.6) is 0 Å². The zero-order chi connectivity index (χ0) is 12.1. The van der Waals surface area contributed by atoms with Gasteiger partial charge in [-0.05, 0) is 25.7 Å². The fourth-order valence-corrected chi connectivity index (χ4v) is 2.90. The molecule has 0 aliphatic carbocycles. The summed E-state index contributed by atoms with van der Waals surface area (Å²) >= 11 is 0. The van der Waals surface area contributed by atoms with Gasteiger partial charge in [0.1, 0.15) is 0 Å². The van der Waals surface area contributed by atoms with Gasteiger partial charge in [0, 0.05) is 38.8 Å². The molecule has 0 bridgehead atoms. The van der Waals surface area contributed by atoms with Gasteiger partial charge in [0.25, 0.3) is 0 Å². The summed E-state index contributed by atoms with van der Waals surface area (Å²) in [5, 5.41) is 3.32. The van der Waals surface area contributed by atoms with E-state index in [2.05, 4.69) is 22.0 Å². The lowest BCUT2D eigenvalue weighted by molar-refractivity contribution is -0.136. The zero-order valence-corrected chi connectivity index (χ0v) is 11.0. The lowest BCUT2D eigenvalue weighted by atomic mass is 10.00. The van der Waals surface area contributed by atoms with Crippen molar-refractivity contribution in [2.45, 2.75) is 38.6 Å². The quantitative estimate of drug-likeness (QED) is 0.787. The van der Waals surface area contributed by atoms with E-state index in [1.807, 2.05) is 0 Å². The lowest BCUT2D eigenvalue weighted by Gasteiger charge is -2.37. The maximum Gasteiger partial charge on any atom is 0.236 e. The van der Waals surface area contributed by atoms with Gasteiger partial charge < -0.3 is 10.2 Å². The van der Waals surface area contributed by atoms with Crippen molar-refractivity contribution in [3.63, 3.8) is 0 Å². The second-order valence-corrected chi connectivity index (χ2v) is 5.17. The van der Waals surface area contributed by atoms with Crippen molar-refractivity contribution in [3.05, 3.63) is 0 Å². The highest BCUT2D eigenvalue weighted by atomic mass is 16.2. The van der Waals surface area contributed by atoms with Crippen molar-refractivity contribution in [2.24, 2.45) is 0 Å². The summed E-state index contributed by atoms with van der Waals surface area (Å²) in [7, 11) is 0. The fourth-order valence-electron chi connectivity index (χ4n) is 2.90. The molecule has 2 fully saturated rings. The number of hydrogen-bond acceptors (Lipinski definition) is 3. The minimum Gasteiger partial charge on any atom is -0.339 e. The summed E-state index contributed by atoms with van der Waals surface area (Å²) in [6.07, 6.45) is 4.77. The summed E-state index contributed by atoms with van der Waals surface area (Å²) in [6.45, 7) is 7.85. The highest BCUT2D eigenvalue weighted by Gasteiger charge is 2.26. The fraction of sp³-hybridized carbons (Fsp3) is 0.923. The topological polar surface area (TPSA) is 35.6 Å². The summed E-state index contributed by atoms with van der Waals surface area (Å²) in [6, 6.07) is 0.499. The molecule has 1 N–H and O–H groups in total. The van der Waals surface area contributed by atoms with Crippen molar-refractivity contribution in [1.82, 2.24) is 15.1 Å². The molecule has 1 amide bonds. The summed E-state index contributed by atoms with van der Waals surface area (Å²) in [4.78, 5) is 16.7. The summed E-state index contributed by atoms with van der Waals surface area (Å²) in [5.41, 5.74) is 0. The van der Waals surface area contributed by atoms with Gasteiger partial charge in [-0.2, -0.15) is 0 Å². The standard InChI is InChI=1S/C13H25N3O/c1-2-12-5-3-4-8-16(12)13(17)11-15-9-6-14-7-10-15/h12,14H,2-11H2,1H3. The number of piperazine rings is 1. The third-order valence-electron chi connectivity index (χ3n) is 3.99. The molecule has 2 rings (SSSR count). The number of nitrogens with zero attached hydrogens (tertiary/aromatic N) is 2. The monoisotopic (exact) mass is 239 g/mol. The first-order valence-electron chi connectivity index (χ1n) is 7.04. The van der Waals surface area contributed by atoms with Crippen LogP contribution in [-0.2, 0) is 4.79 Å². The highest BCUT2D eigenvalue weighted by Crippen LogP contribution is 2.19. The number of nitrogens with one attached hydrogen (secondary N) is 1. The maximum atomic E-state index is 12.3. The molecule has 0 aromatic heterocycles. The first kappa shape index (κ1) is 12.8. The van der Waals surface area contributed by atoms with Gasteiger partial charge in [-0.1, -0.05) is 6.92 Å². The molecule has 0 spiro atoms. The number of hydrogen-bond donors (Lipinski definition) is 1. The summed E-state index contributed by atoms with van der Waals surface area (Å²) in [5.74, 6) is 0.346. The van der Waals surface area contributed by atoms with E-state index in [9.17, 15) is 4.79 Å². The van der Waals surface area contributed by atoms with Crippen LogP contribution in [0.1, 0.15) is 32.6 Å². The Balaban J connectivity index is 1.84. The summed E-state index contributed by atoms with van der Waals surface area (Å²) < 4.78 is 0. The Kier molecular flexibility index (Phi) is 4.80. The van der Waals surface area contributed by atoms with E-state index >= 15 is 0 Å². The molecular formula is C13H25N3O. The highest BCUT2D eigenvalue weighted by molar-refractivity contribution is 5.78. The van der Waals surface area contributed by atoms with E-state index in [4.69, 9.17) is 0 Å². The predicted octanol–water partition coefficient (Wildman–Crippen LogP) is 0.683. The van der Waals surface area contributed by atoms with Crippen LogP contribution in [0.3, 0.4) is 0 Å². The molecule has 0 radical (unpaired) electrons. The van der Waals surface area contributed by atoms with E-state index in [1.165, 1.54) is 19.3 Å². The van der Waals surface area contributed by atoms with Crippen molar-refractivity contribution < 1.29 is 4.79 Å². The van der Waals surface area contributed by atoms with E-state index in [0.717, 1.165) is 39.1 Å². The van der Waals surface area contributed by atoms with E-state index in [0.29, 0.717) is 18.5 Å². The number of amides is 1. The Morgan fingerprint density at radius 2 is 2.00 bits per heavy atom. The molecule has 17 heavy (non-hydrogen) atoms. The molecule has 2 aliphatic heterocycles. The first-order valence-corrected chi connectivity index (χ1v) is 7.04. The Labute approximate surface area is 104 Å². The molecule has 1 atom stereocenters.